The molecule has 0 fully saturated rings. The molecule has 0 unspecified atom stereocenters. The molecule has 0 saturated heterocycles. The number of methoxy groups -OCH3 is 1. The van der Waals surface area contributed by atoms with Crippen molar-refractivity contribution in [3.63, 3.8) is 0 Å². The number of rotatable bonds is 5. The largest absolute Gasteiger partial charge is 0.494 e. The van der Waals surface area contributed by atoms with E-state index in [2.05, 4.69) is 16.1 Å². The highest BCUT2D eigenvalue weighted by atomic mass is 35.5. The van der Waals surface area contributed by atoms with Gasteiger partial charge in [-0.1, -0.05) is 29.8 Å². The molecule has 0 bridgehead atoms. The van der Waals surface area contributed by atoms with E-state index in [-0.39, 0.29) is 12.5 Å². The Balaban J connectivity index is 1.44. The van der Waals surface area contributed by atoms with Crippen LogP contribution in [0.15, 0.2) is 60.7 Å². The molecule has 0 saturated carbocycles. The number of hydrogen-bond donors (Lipinski definition) is 3. The zero-order valence-electron chi connectivity index (χ0n) is 19.8. The highest BCUT2D eigenvalue weighted by Gasteiger charge is 2.23. The second-order valence-corrected chi connectivity index (χ2v) is 8.55. The van der Waals surface area contributed by atoms with Gasteiger partial charge < -0.3 is 24.8 Å². The summed E-state index contributed by atoms with van der Waals surface area (Å²) in [5.74, 6) is -1.10. The third-order valence-electron chi connectivity index (χ3n) is 5.72. The summed E-state index contributed by atoms with van der Waals surface area (Å²) < 4.78 is 17.2. The number of carbonyl (C=O) groups is 3. The first kappa shape index (κ1) is 24.0. The number of nitrogens with one attached hydrogen (secondary N) is 3. The molecule has 3 amide bonds. The number of fused-ring (bicyclic) bond motifs is 2. The molecular weight excluding hydrogens is 500 g/mol. The lowest BCUT2D eigenvalue weighted by Gasteiger charge is -2.14. The summed E-state index contributed by atoms with van der Waals surface area (Å²) in [6, 6.07) is 16.6. The van der Waals surface area contributed by atoms with Gasteiger partial charge >= 0.3 is 11.8 Å². The van der Waals surface area contributed by atoms with E-state index in [1.54, 1.807) is 60.7 Å². The quantitative estimate of drug-likeness (QED) is 0.337. The fourth-order valence-electron chi connectivity index (χ4n) is 3.86. The molecule has 0 atom stereocenters. The van der Waals surface area contributed by atoms with E-state index in [1.807, 2.05) is 6.92 Å². The van der Waals surface area contributed by atoms with E-state index < -0.39 is 17.7 Å². The summed E-state index contributed by atoms with van der Waals surface area (Å²) >= 11 is 6.19. The normalized spacial score (nSPS) is 11.8. The van der Waals surface area contributed by atoms with Gasteiger partial charge in [0.25, 0.3) is 5.91 Å². The van der Waals surface area contributed by atoms with Crippen LogP contribution in [0.5, 0.6) is 17.2 Å². The monoisotopic (exact) mass is 520 g/mol. The van der Waals surface area contributed by atoms with Crippen molar-refractivity contribution in [2.24, 2.45) is 0 Å². The van der Waals surface area contributed by atoms with Gasteiger partial charge in [-0.25, -0.2) is 4.68 Å². The van der Waals surface area contributed by atoms with E-state index in [1.165, 1.54) is 11.8 Å². The molecule has 11 heteroatoms. The minimum Gasteiger partial charge on any atom is -0.494 e. The summed E-state index contributed by atoms with van der Waals surface area (Å²) in [5, 5.41) is 6.39. The Hall–Kier alpha value is -4.70. The van der Waals surface area contributed by atoms with Crippen LogP contribution >= 0.6 is 11.6 Å². The van der Waals surface area contributed by atoms with Crippen LogP contribution < -0.4 is 30.3 Å². The molecule has 5 rings (SSSR count). The molecule has 0 aliphatic carbocycles. The van der Waals surface area contributed by atoms with Crippen molar-refractivity contribution in [1.29, 1.82) is 0 Å². The summed E-state index contributed by atoms with van der Waals surface area (Å²) in [6.45, 7) is 1.93. The summed E-state index contributed by atoms with van der Waals surface area (Å²) in [5.41, 5.74) is 4.65. The first-order valence-electron chi connectivity index (χ1n) is 11.1. The van der Waals surface area contributed by atoms with E-state index in [4.69, 9.17) is 25.8 Å². The first-order valence-corrected chi connectivity index (χ1v) is 11.5. The Bertz CT molecular complexity index is 1560. The van der Waals surface area contributed by atoms with E-state index >= 15 is 0 Å². The van der Waals surface area contributed by atoms with Crippen molar-refractivity contribution in [3.05, 3.63) is 76.9 Å². The average molecular weight is 521 g/mol. The van der Waals surface area contributed by atoms with Gasteiger partial charge in [0.05, 0.1) is 7.11 Å². The average Bonchev–Trinajstić information content (AvgIpc) is 3.50. The van der Waals surface area contributed by atoms with Crippen molar-refractivity contribution in [2.75, 3.05) is 30.0 Å². The number of hydrogen-bond acceptors (Lipinski definition) is 6. The Kier molecular flexibility index (Phi) is 6.33. The van der Waals surface area contributed by atoms with Crippen LogP contribution in [0.25, 0.3) is 10.9 Å². The van der Waals surface area contributed by atoms with Gasteiger partial charge in [-0.2, -0.15) is 0 Å². The Morgan fingerprint density at radius 2 is 1.68 bits per heavy atom. The van der Waals surface area contributed by atoms with E-state index in [0.29, 0.717) is 44.5 Å². The van der Waals surface area contributed by atoms with E-state index in [0.717, 1.165) is 5.56 Å². The van der Waals surface area contributed by atoms with Crippen LogP contribution in [0, 0.1) is 6.92 Å². The third kappa shape index (κ3) is 4.74. The standard InChI is InChI=1S/C26H21ClN4O6/c1-14-6-7-16(11-18(14)27)28-24(32)19-10-15-4-3-5-21(35-2)23(15)31(19)30-26(34)25(33)29-17-8-9-20-22(12-17)37-13-36-20/h3-12H,13H2,1-2H3,(H,28,32)(H,29,33)(H,30,34). The molecule has 1 aliphatic rings. The molecule has 37 heavy (non-hydrogen) atoms. The molecule has 0 spiro atoms. The molecule has 3 aromatic carbocycles. The SMILES string of the molecule is COc1cccc2cc(C(=O)Nc3ccc(C)c(Cl)c3)n(NC(=O)C(=O)Nc3ccc4c(c3)OCO4)c12. The number of halogens is 1. The van der Waals surface area contributed by atoms with Gasteiger partial charge in [-0.15, -0.1) is 0 Å². The molecule has 1 aromatic heterocycles. The number of para-hydroxylation sites is 1. The van der Waals surface area contributed by atoms with Gasteiger partial charge in [0, 0.05) is 27.8 Å². The molecule has 188 valence electrons. The Morgan fingerprint density at radius 3 is 2.46 bits per heavy atom. The third-order valence-corrected chi connectivity index (χ3v) is 6.13. The molecule has 2 heterocycles. The fraction of sp³-hybridized carbons (Fsp3) is 0.115. The number of carbonyl (C=O) groups excluding carboxylic acids is 3. The molecule has 10 nitrogen and oxygen atoms in total. The number of benzene rings is 3. The van der Waals surface area contributed by atoms with Gasteiger partial charge in [-0.3, -0.25) is 19.8 Å². The highest BCUT2D eigenvalue weighted by Crippen LogP contribution is 2.34. The molecule has 4 aromatic rings. The first-order chi connectivity index (χ1) is 17.8. The Morgan fingerprint density at radius 1 is 0.919 bits per heavy atom. The summed E-state index contributed by atoms with van der Waals surface area (Å²) in [4.78, 5) is 38.9. The van der Waals surface area contributed by atoms with Crippen LogP contribution in [-0.4, -0.2) is 36.3 Å². The van der Waals surface area contributed by atoms with E-state index in [9.17, 15) is 14.4 Å². The number of aryl methyl sites for hydroxylation is 1. The molecular formula is C26H21ClN4O6. The lowest BCUT2D eigenvalue weighted by Crippen LogP contribution is -2.36. The number of anilines is 2. The Labute approximate surface area is 216 Å². The van der Waals surface area contributed by atoms with Crippen molar-refractivity contribution in [1.82, 2.24) is 4.68 Å². The summed E-state index contributed by atoms with van der Waals surface area (Å²) in [6.07, 6.45) is 0. The lowest BCUT2D eigenvalue weighted by atomic mass is 10.2. The van der Waals surface area contributed by atoms with Gasteiger partial charge in [0.1, 0.15) is 17.0 Å². The zero-order chi connectivity index (χ0) is 26.1. The predicted molar refractivity (Wildman–Crippen MR) is 138 cm³/mol. The fourth-order valence-corrected chi connectivity index (χ4v) is 4.04. The van der Waals surface area contributed by atoms with Crippen molar-refractivity contribution < 1.29 is 28.6 Å². The van der Waals surface area contributed by atoms with Crippen molar-refractivity contribution >= 4 is 51.6 Å². The summed E-state index contributed by atoms with van der Waals surface area (Å²) in [7, 11) is 1.47. The maximum absolute atomic E-state index is 13.3. The number of nitrogens with zero attached hydrogens (tertiary/aromatic N) is 1. The van der Waals surface area contributed by atoms with Gasteiger partial charge in [0.15, 0.2) is 11.5 Å². The molecule has 3 N–H and O–H groups in total. The molecule has 0 radical (unpaired) electrons. The lowest BCUT2D eigenvalue weighted by molar-refractivity contribution is -0.133. The topological polar surface area (TPSA) is 120 Å². The highest BCUT2D eigenvalue weighted by molar-refractivity contribution is 6.42. The number of ether oxygens (including phenoxy) is 3. The maximum Gasteiger partial charge on any atom is 0.328 e. The minimum absolute atomic E-state index is 0.0698. The van der Waals surface area contributed by atoms with Crippen LogP contribution in [0.2, 0.25) is 5.02 Å². The number of aromatic nitrogens is 1. The maximum atomic E-state index is 13.3. The zero-order valence-corrected chi connectivity index (χ0v) is 20.5. The second kappa shape index (κ2) is 9.75. The van der Waals surface area contributed by atoms with Crippen LogP contribution in [0.3, 0.4) is 0 Å². The van der Waals surface area contributed by atoms with Crippen LogP contribution in [0.1, 0.15) is 16.1 Å². The minimum atomic E-state index is -1.01. The van der Waals surface area contributed by atoms with Crippen LogP contribution in [0.4, 0.5) is 11.4 Å². The van der Waals surface area contributed by atoms with Crippen molar-refractivity contribution in [3.8, 4) is 17.2 Å². The van der Waals surface area contributed by atoms with Crippen molar-refractivity contribution in [2.45, 2.75) is 6.92 Å². The smallest absolute Gasteiger partial charge is 0.328 e. The molecule has 1 aliphatic heterocycles. The second-order valence-electron chi connectivity index (χ2n) is 8.14. The number of amides is 3. The van der Waals surface area contributed by atoms with Crippen LogP contribution in [-0.2, 0) is 9.59 Å². The van der Waals surface area contributed by atoms with Gasteiger partial charge in [0.2, 0.25) is 6.79 Å². The van der Waals surface area contributed by atoms with Gasteiger partial charge in [-0.05, 0) is 48.9 Å². The predicted octanol–water partition coefficient (Wildman–Crippen LogP) is 4.30.